The topological polar surface area (TPSA) is 55.4 Å². The molecule has 1 unspecified atom stereocenters. The third-order valence-electron chi connectivity index (χ3n) is 5.89. The molecule has 2 aromatic carbocycles. The quantitative estimate of drug-likeness (QED) is 0.653. The van der Waals surface area contributed by atoms with Crippen molar-refractivity contribution < 1.29 is 14.3 Å². The van der Waals surface area contributed by atoms with Crippen LogP contribution in [0.25, 0.3) is 11.1 Å². The fraction of sp³-hybridized carbons (Fsp3) is 0.333. The van der Waals surface area contributed by atoms with E-state index < -0.39 is 5.92 Å². The van der Waals surface area contributed by atoms with Crippen LogP contribution < -0.4 is 5.32 Å². The number of nitrogens with one attached hydrogen (secondary N) is 1. The summed E-state index contributed by atoms with van der Waals surface area (Å²) in [5, 5.41) is 3.34. The molecule has 2 aromatic rings. The summed E-state index contributed by atoms with van der Waals surface area (Å²) in [6.45, 7) is 6.28. The molecule has 0 saturated heterocycles. The summed E-state index contributed by atoms with van der Waals surface area (Å²) in [6, 6.07) is 18.4. The molecule has 0 aromatic heterocycles. The lowest BCUT2D eigenvalue weighted by Crippen LogP contribution is -2.34. The van der Waals surface area contributed by atoms with E-state index in [-0.39, 0.29) is 17.7 Å². The molecule has 1 aliphatic carbocycles. The largest absolute Gasteiger partial charge is 0.462 e. The zero-order chi connectivity index (χ0) is 22.0. The lowest BCUT2D eigenvalue weighted by Gasteiger charge is -2.34. The molecule has 31 heavy (non-hydrogen) atoms. The number of hydrogen-bond donors (Lipinski definition) is 1. The van der Waals surface area contributed by atoms with E-state index in [4.69, 9.17) is 4.74 Å². The number of dihydropyridines is 1. The van der Waals surface area contributed by atoms with Gasteiger partial charge < -0.3 is 10.1 Å². The highest BCUT2D eigenvalue weighted by Crippen LogP contribution is 2.42. The normalized spacial score (nSPS) is 18.7. The van der Waals surface area contributed by atoms with Crippen molar-refractivity contribution in [3.05, 3.63) is 82.7 Å². The first-order chi connectivity index (χ1) is 15.0. The maximum Gasteiger partial charge on any atom is 0.336 e. The van der Waals surface area contributed by atoms with Crippen LogP contribution in [0.4, 0.5) is 0 Å². The summed E-state index contributed by atoms with van der Waals surface area (Å²) in [5.74, 6) is -0.377. The van der Waals surface area contributed by atoms with Crippen LogP contribution in [-0.2, 0) is 14.3 Å². The Bertz CT molecular complexity index is 1050. The van der Waals surface area contributed by atoms with Crippen LogP contribution in [0.1, 0.15) is 51.5 Å². The average molecular weight is 416 g/mol. The van der Waals surface area contributed by atoms with E-state index in [2.05, 4.69) is 29.6 Å². The molecule has 1 N–H and O–H groups in total. The molecule has 0 radical (unpaired) electrons. The van der Waals surface area contributed by atoms with Crippen molar-refractivity contribution in [3.8, 4) is 11.1 Å². The van der Waals surface area contributed by atoms with E-state index in [1.807, 2.05) is 51.1 Å². The molecule has 1 atom stereocenters. The smallest absolute Gasteiger partial charge is 0.336 e. The molecule has 160 valence electrons. The Kier molecular flexibility index (Phi) is 6.08. The molecule has 1 aliphatic heterocycles. The van der Waals surface area contributed by atoms with Crippen LogP contribution in [0.3, 0.4) is 0 Å². The van der Waals surface area contributed by atoms with Crippen molar-refractivity contribution in [2.45, 2.75) is 46.0 Å². The Hall–Kier alpha value is -3.14. The van der Waals surface area contributed by atoms with Gasteiger partial charge in [0.1, 0.15) is 0 Å². The van der Waals surface area contributed by atoms with Crippen LogP contribution in [0.5, 0.6) is 0 Å². The highest BCUT2D eigenvalue weighted by Gasteiger charge is 2.39. The van der Waals surface area contributed by atoms with Crippen LogP contribution in [-0.4, -0.2) is 18.4 Å². The standard InChI is InChI=1S/C27H29NO3/c1-17(2)16-31-27(30)24-18(3)28-22-10-7-11-23(29)26(22)25(24)21-14-12-20(13-15-21)19-8-5-4-6-9-19/h4-6,8-9,12-15,17,25,28H,7,10-11,16H2,1-3H3. The maximum absolute atomic E-state index is 13.1. The Morgan fingerprint density at radius 2 is 1.71 bits per heavy atom. The van der Waals surface area contributed by atoms with Crippen LogP contribution in [0.2, 0.25) is 0 Å². The monoisotopic (exact) mass is 415 g/mol. The molecule has 4 rings (SSSR count). The number of carbonyl (C=O) groups excluding carboxylic acids is 2. The summed E-state index contributed by atoms with van der Waals surface area (Å²) in [4.78, 5) is 26.1. The van der Waals surface area contributed by atoms with Crippen molar-refractivity contribution in [3.63, 3.8) is 0 Å². The van der Waals surface area contributed by atoms with E-state index in [1.54, 1.807) is 0 Å². The van der Waals surface area contributed by atoms with Gasteiger partial charge in [-0.1, -0.05) is 68.4 Å². The summed E-state index contributed by atoms with van der Waals surface area (Å²) < 4.78 is 5.60. The molecular formula is C27H29NO3. The number of ether oxygens (including phenoxy) is 1. The van der Waals surface area contributed by atoms with E-state index >= 15 is 0 Å². The lowest BCUT2D eigenvalue weighted by molar-refractivity contribution is -0.140. The van der Waals surface area contributed by atoms with Gasteiger partial charge >= 0.3 is 5.97 Å². The fourth-order valence-electron chi connectivity index (χ4n) is 4.41. The minimum Gasteiger partial charge on any atom is -0.462 e. The fourth-order valence-corrected chi connectivity index (χ4v) is 4.41. The predicted molar refractivity (Wildman–Crippen MR) is 122 cm³/mol. The van der Waals surface area contributed by atoms with E-state index in [0.29, 0.717) is 18.6 Å². The van der Waals surface area contributed by atoms with E-state index in [1.165, 1.54) is 0 Å². The number of benzene rings is 2. The number of esters is 1. The third kappa shape index (κ3) is 4.34. The van der Waals surface area contributed by atoms with Crippen molar-refractivity contribution in [2.24, 2.45) is 5.92 Å². The Balaban J connectivity index is 1.75. The Morgan fingerprint density at radius 1 is 1.03 bits per heavy atom. The highest BCUT2D eigenvalue weighted by molar-refractivity contribution is 6.03. The molecule has 1 heterocycles. The van der Waals surface area contributed by atoms with Gasteiger partial charge in [0.25, 0.3) is 0 Å². The summed E-state index contributed by atoms with van der Waals surface area (Å²) in [5.41, 5.74) is 6.18. The minimum atomic E-state index is -0.395. The van der Waals surface area contributed by atoms with E-state index in [9.17, 15) is 9.59 Å². The van der Waals surface area contributed by atoms with Gasteiger partial charge in [0.2, 0.25) is 0 Å². The molecule has 0 amide bonds. The zero-order valence-electron chi connectivity index (χ0n) is 18.4. The van der Waals surface area contributed by atoms with Gasteiger partial charge in [-0.25, -0.2) is 4.79 Å². The summed E-state index contributed by atoms with van der Waals surface area (Å²) in [6.07, 6.45) is 2.18. The molecule has 0 saturated carbocycles. The van der Waals surface area contributed by atoms with Gasteiger partial charge in [0.05, 0.1) is 12.2 Å². The zero-order valence-corrected chi connectivity index (χ0v) is 18.4. The molecule has 4 heteroatoms. The number of hydrogen-bond acceptors (Lipinski definition) is 4. The maximum atomic E-state index is 13.1. The van der Waals surface area contributed by atoms with Crippen LogP contribution >= 0.6 is 0 Å². The molecule has 2 aliphatic rings. The van der Waals surface area contributed by atoms with Crippen molar-refractivity contribution >= 4 is 11.8 Å². The third-order valence-corrected chi connectivity index (χ3v) is 5.89. The average Bonchev–Trinajstić information content (AvgIpc) is 2.77. The second kappa shape index (κ2) is 8.93. The van der Waals surface area contributed by atoms with Gasteiger partial charge in [-0.3, -0.25) is 4.79 Å². The van der Waals surface area contributed by atoms with Crippen molar-refractivity contribution in [1.29, 1.82) is 0 Å². The number of rotatable bonds is 5. The second-order valence-electron chi connectivity index (χ2n) is 8.75. The number of Topliss-reactive ketones (excluding diaryl/α,β-unsaturated/α-hetero) is 1. The number of carbonyl (C=O) groups is 2. The molecule has 0 bridgehead atoms. The predicted octanol–water partition coefficient (Wildman–Crippen LogP) is 5.52. The van der Waals surface area contributed by atoms with Crippen LogP contribution in [0.15, 0.2) is 77.1 Å². The number of ketones is 1. The Labute approximate surface area is 184 Å². The van der Waals surface area contributed by atoms with Gasteiger partial charge in [0.15, 0.2) is 5.78 Å². The first kappa shape index (κ1) is 21.1. The minimum absolute atomic E-state index is 0.118. The van der Waals surface area contributed by atoms with Crippen molar-refractivity contribution in [2.75, 3.05) is 6.61 Å². The highest BCUT2D eigenvalue weighted by atomic mass is 16.5. The molecule has 4 nitrogen and oxygen atoms in total. The van der Waals surface area contributed by atoms with Gasteiger partial charge in [0, 0.05) is 29.3 Å². The molecule has 0 spiro atoms. The molecular weight excluding hydrogens is 386 g/mol. The first-order valence-corrected chi connectivity index (χ1v) is 11.0. The van der Waals surface area contributed by atoms with Crippen LogP contribution in [0, 0.1) is 5.92 Å². The lowest BCUT2D eigenvalue weighted by atomic mass is 9.75. The van der Waals surface area contributed by atoms with Gasteiger partial charge in [-0.05, 0) is 42.4 Å². The Morgan fingerprint density at radius 3 is 2.39 bits per heavy atom. The van der Waals surface area contributed by atoms with E-state index in [0.717, 1.165) is 46.5 Å². The number of allylic oxidation sites excluding steroid dienone is 3. The first-order valence-electron chi connectivity index (χ1n) is 11.0. The van der Waals surface area contributed by atoms with Gasteiger partial charge in [-0.15, -0.1) is 0 Å². The van der Waals surface area contributed by atoms with Crippen molar-refractivity contribution in [1.82, 2.24) is 5.32 Å². The molecule has 0 fully saturated rings. The van der Waals surface area contributed by atoms with Gasteiger partial charge in [-0.2, -0.15) is 0 Å². The summed E-state index contributed by atoms with van der Waals surface area (Å²) >= 11 is 0. The SMILES string of the molecule is CC1=C(C(=O)OCC(C)C)C(c2ccc(-c3ccccc3)cc2)C2=C(CCCC2=O)N1. The second-order valence-corrected chi connectivity index (χ2v) is 8.75. The summed E-state index contributed by atoms with van der Waals surface area (Å²) in [7, 11) is 0.